The van der Waals surface area contributed by atoms with Gasteiger partial charge in [-0.25, -0.2) is 0 Å². The number of rotatable bonds is 32. The molecule has 6 nitrogen and oxygen atoms in total. The number of aliphatic carboxylic acids is 1. The lowest BCUT2D eigenvalue weighted by Gasteiger charge is -2.03. The zero-order chi connectivity index (χ0) is 35.1. The van der Waals surface area contributed by atoms with Crippen LogP contribution in [0.3, 0.4) is 0 Å². The summed E-state index contributed by atoms with van der Waals surface area (Å²) in [5, 5.41) is 27.9. The predicted molar refractivity (Wildman–Crippen MR) is 200 cm³/mol. The van der Waals surface area contributed by atoms with Gasteiger partial charge < -0.3 is 20.1 Å². The maximum Gasteiger partial charge on any atom is 0.305 e. The van der Waals surface area contributed by atoms with Crippen molar-refractivity contribution in [1.29, 1.82) is 0 Å². The third-order valence-corrected chi connectivity index (χ3v) is 7.98. The number of hydrogen-bond donors (Lipinski definition) is 3. The van der Waals surface area contributed by atoms with Crippen LogP contribution in [0.15, 0.2) is 48.6 Å². The highest BCUT2D eigenvalue weighted by atomic mass is 16.5. The van der Waals surface area contributed by atoms with Gasteiger partial charge in [-0.1, -0.05) is 127 Å². The molecule has 3 N–H and O–H groups in total. The van der Waals surface area contributed by atoms with E-state index in [1.807, 2.05) is 12.2 Å². The number of carboxylic acid groups (broad SMARTS) is 1. The first kappa shape index (κ1) is 46.9. The highest BCUT2D eigenvalue weighted by molar-refractivity contribution is 5.69. The number of aliphatic hydroxyl groups is 2. The van der Waals surface area contributed by atoms with Crippen LogP contribution >= 0.6 is 0 Å². The van der Waals surface area contributed by atoms with E-state index in [0.29, 0.717) is 6.42 Å². The van der Waals surface area contributed by atoms with Crippen molar-refractivity contribution >= 4 is 11.9 Å². The molecular weight excluding hydrogens is 588 g/mol. The molecule has 0 aliphatic heterocycles. The number of esters is 1. The van der Waals surface area contributed by atoms with E-state index in [1.165, 1.54) is 71.3 Å². The molecule has 0 rings (SSSR count). The number of aliphatic hydroxyl groups excluding tert-OH is 2. The fourth-order valence-electron chi connectivity index (χ4n) is 4.94. The topological polar surface area (TPSA) is 104 Å². The first-order valence-electron chi connectivity index (χ1n) is 19.1. The molecule has 0 aromatic heterocycles. The summed E-state index contributed by atoms with van der Waals surface area (Å²) >= 11 is 0. The molecule has 47 heavy (non-hydrogen) atoms. The second-order valence-electron chi connectivity index (χ2n) is 12.7. The third-order valence-electron chi connectivity index (χ3n) is 7.98. The van der Waals surface area contributed by atoms with Crippen LogP contribution in [0.4, 0.5) is 0 Å². The zero-order valence-electron chi connectivity index (χ0n) is 30.7. The number of carboxylic acids is 1. The number of hydrogen-bond acceptors (Lipinski definition) is 5. The van der Waals surface area contributed by atoms with E-state index < -0.39 is 5.97 Å². The summed E-state index contributed by atoms with van der Waals surface area (Å²) in [5.41, 5.74) is 0. The van der Waals surface area contributed by atoms with Crippen LogP contribution in [0.5, 0.6) is 0 Å². The second kappa shape index (κ2) is 40.0. The summed E-state index contributed by atoms with van der Waals surface area (Å²) in [7, 11) is 1.44. The Kier molecular flexibility index (Phi) is 39.9. The molecule has 0 fully saturated rings. The maximum atomic E-state index is 10.9. The first-order valence-corrected chi connectivity index (χ1v) is 19.1. The minimum Gasteiger partial charge on any atom is -0.481 e. The molecule has 0 aromatic rings. The Bertz CT molecular complexity index is 785. The Hall–Kier alpha value is -2.18. The van der Waals surface area contributed by atoms with Crippen molar-refractivity contribution in [3.8, 4) is 0 Å². The van der Waals surface area contributed by atoms with E-state index in [2.05, 4.69) is 55.0 Å². The molecule has 2 unspecified atom stereocenters. The molecular formula is C41H74O6. The van der Waals surface area contributed by atoms with Gasteiger partial charge >= 0.3 is 11.9 Å². The average Bonchev–Trinajstić information content (AvgIpc) is 3.06. The lowest BCUT2D eigenvalue weighted by atomic mass is 10.1. The van der Waals surface area contributed by atoms with Crippen molar-refractivity contribution in [2.45, 2.75) is 193 Å². The van der Waals surface area contributed by atoms with Gasteiger partial charge in [-0.05, 0) is 89.9 Å². The van der Waals surface area contributed by atoms with Gasteiger partial charge in [0.25, 0.3) is 0 Å². The molecule has 0 aromatic carbocycles. The third kappa shape index (κ3) is 43.8. The number of carbonyl (C=O) groups is 2. The van der Waals surface area contributed by atoms with Gasteiger partial charge in [0.15, 0.2) is 0 Å². The lowest BCUT2D eigenvalue weighted by Crippen LogP contribution is -2.00. The van der Waals surface area contributed by atoms with Crippen molar-refractivity contribution in [3.05, 3.63) is 48.6 Å². The molecule has 0 bridgehead atoms. The van der Waals surface area contributed by atoms with Crippen LogP contribution in [-0.2, 0) is 14.3 Å². The van der Waals surface area contributed by atoms with Crippen molar-refractivity contribution in [2.75, 3.05) is 7.11 Å². The highest BCUT2D eigenvalue weighted by Gasteiger charge is 1.99. The van der Waals surface area contributed by atoms with Crippen LogP contribution in [0.1, 0.15) is 181 Å². The van der Waals surface area contributed by atoms with E-state index in [9.17, 15) is 19.8 Å². The Morgan fingerprint density at radius 2 is 0.851 bits per heavy atom. The minimum absolute atomic E-state index is 0.117. The van der Waals surface area contributed by atoms with Gasteiger partial charge in [0, 0.05) is 12.8 Å². The number of methoxy groups -OCH3 is 1. The predicted octanol–water partition coefficient (Wildman–Crippen LogP) is 11.4. The quantitative estimate of drug-likeness (QED) is 0.0376. The first-order chi connectivity index (χ1) is 22.9. The van der Waals surface area contributed by atoms with Gasteiger partial charge in [-0.15, -0.1) is 0 Å². The molecule has 0 spiro atoms. The van der Waals surface area contributed by atoms with Crippen LogP contribution < -0.4 is 0 Å². The summed E-state index contributed by atoms with van der Waals surface area (Å²) < 4.78 is 4.60. The van der Waals surface area contributed by atoms with Gasteiger partial charge in [-0.2, -0.15) is 0 Å². The second-order valence-corrected chi connectivity index (χ2v) is 12.7. The number of ether oxygens (including phenoxy) is 1. The number of carbonyl (C=O) groups excluding carboxylic acids is 1. The van der Waals surface area contributed by atoms with Crippen molar-refractivity contribution in [2.24, 2.45) is 0 Å². The minimum atomic E-state index is -0.705. The zero-order valence-corrected chi connectivity index (χ0v) is 30.7. The molecule has 0 radical (unpaired) electrons. The molecule has 274 valence electrons. The standard InChI is InChI=1S/C21H38O3.C20H36O3/c1-3-4-17-20(22)18-15-13-11-9-7-5-6-8-10-12-14-16-19-21(23)24-2;1-2-3-16-19(21)17-14-12-10-8-6-4-5-7-9-11-13-15-18-20(22)23/h10,12,15,18,20,22H,3-9,11,13-14,16-17,19H2,1-2H3;9,11,14,17,19,21H,2-8,10,12-13,15-16,18H2,1H3,(H,22,23)/b12-10-,18-15-;11-9-,17-14-. The average molecular weight is 663 g/mol. The largest absolute Gasteiger partial charge is 0.481 e. The van der Waals surface area contributed by atoms with Crippen LogP contribution in [0.2, 0.25) is 0 Å². The fraction of sp³-hybridized carbons (Fsp3) is 0.756. The molecule has 6 heteroatoms. The van der Waals surface area contributed by atoms with Crippen molar-refractivity contribution in [1.82, 2.24) is 0 Å². The van der Waals surface area contributed by atoms with E-state index in [0.717, 1.165) is 89.9 Å². The molecule has 0 saturated carbocycles. The van der Waals surface area contributed by atoms with Gasteiger partial charge in [0.1, 0.15) is 0 Å². The Balaban J connectivity index is 0. The molecule has 0 saturated heterocycles. The molecule has 0 aliphatic rings. The Morgan fingerprint density at radius 3 is 1.21 bits per heavy atom. The smallest absolute Gasteiger partial charge is 0.305 e. The molecule has 0 amide bonds. The summed E-state index contributed by atoms with van der Waals surface area (Å²) in [5.74, 6) is -0.822. The summed E-state index contributed by atoms with van der Waals surface area (Å²) in [6, 6.07) is 0. The monoisotopic (exact) mass is 663 g/mol. The van der Waals surface area contributed by atoms with Gasteiger partial charge in [0.2, 0.25) is 0 Å². The van der Waals surface area contributed by atoms with E-state index in [4.69, 9.17) is 5.11 Å². The van der Waals surface area contributed by atoms with E-state index in [-0.39, 0.29) is 24.6 Å². The molecule has 0 aliphatic carbocycles. The normalized spacial score (nSPS) is 13.0. The lowest BCUT2D eigenvalue weighted by molar-refractivity contribution is -0.140. The van der Waals surface area contributed by atoms with Crippen LogP contribution in [-0.4, -0.2) is 46.6 Å². The SMILES string of the molecule is CCCCC(O)/C=C\CCCCCCC/C=C\CCCC(=O)O.CCCCC(O)/C=C\CCCCCCC/C=C\CCCC(=O)OC. The Labute approximate surface area is 289 Å². The van der Waals surface area contributed by atoms with Crippen LogP contribution in [0, 0.1) is 0 Å². The van der Waals surface area contributed by atoms with E-state index in [1.54, 1.807) is 0 Å². The highest BCUT2D eigenvalue weighted by Crippen LogP contribution is 2.11. The molecule has 0 heterocycles. The Morgan fingerprint density at radius 1 is 0.511 bits per heavy atom. The fourth-order valence-corrected chi connectivity index (χ4v) is 4.94. The summed E-state index contributed by atoms with van der Waals surface area (Å²) in [6.07, 6.45) is 43.9. The van der Waals surface area contributed by atoms with Gasteiger partial charge in [-0.3, -0.25) is 9.59 Å². The summed E-state index contributed by atoms with van der Waals surface area (Å²) in [4.78, 5) is 21.3. The van der Waals surface area contributed by atoms with Crippen molar-refractivity contribution in [3.63, 3.8) is 0 Å². The number of allylic oxidation sites excluding steroid dienone is 6. The molecule has 2 atom stereocenters. The van der Waals surface area contributed by atoms with Crippen molar-refractivity contribution < 1.29 is 29.6 Å². The van der Waals surface area contributed by atoms with Gasteiger partial charge in [0.05, 0.1) is 19.3 Å². The van der Waals surface area contributed by atoms with Crippen LogP contribution in [0.25, 0.3) is 0 Å². The summed E-state index contributed by atoms with van der Waals surface area (Å²) in [6.45, 7) is 4.29. The maximum absolute atomic E-state index is 10.9. The van der Waals surface area contributed by atoms with E-state index >= 15 is 0 Å². The number of unbranched alkanes of at least 4 members (excludes halogenated alkanes) is 16.